The molecule has 0 spiro atoms. The zero-order chi connectivity index (χ0) is 17.3. The highest BCUT2D eigenvalue weighted by molar-refractivity contribution is 7.90. The molecule has 1 aliphatic heterocycles. The Balaban J connectivity index is 2.38. The largest absolute Gasteiger partial charge is 0.444 e. The van der Waals surface area contributed by atoms with Crippen LogP contribution in [-0.2, 0) is 14.6 Å². The predicted octanol–water partition coefficient (Wildman–Crippen LogP) is 1.97. The smallest absolute Gasteiger partial charge is 0.410 e. The van der Waals surface area contributed by atoms with Gasteiger partial charge in [-0.05, 0) is 32.4 Å². The van der Waals surface area contributed by atoms with E-state index in [0.717, 1.165) is 0 Å². The SMILES string of the molecule is CC(C)(C)OC(=O)N1CCNCC1c1ccccc1S(C)(=O)=O. The third kappa shape index (κ3) is 4.45. The van der Waals surface area contributed by atoms with Crippen LogP contribution in [-0.4, -0.2) is 50.9 Å². The molecule has 1 heterocycles. The number of benzene rings is 1. The van der Waals surface area contributed by atoms with E-state index in [-0.39, 0.29) is 10.9 Å². The summed E-state index contributed by atoms with van der Waals surface area (Å²) in [6, 6.07) is 6.43. The Hall–Kier alpha value is -1.60. The summed E-state index contributed by atoms with van der Waals surface area (Å²) in [6.07, 6.45) is 0.757. The van der Waals surface area contributed by atoms with Crippen molar-refractivity contribution in [3.63, 3.8) is 0 Å². The molecule has 1 aromatic rings. The first kappa shape index (κ1) is 17.7. The fraction of sp³-hybridized carbons (Fsp3) is 0.562. The van der Waals surface area contributed by atoms with Gasteiger partial charge >= 0.3 is 6.09 Å². The lowest BCUT2D eigenvalue weighted by Crippen LogP contribution is -2.50. The summed E-state index contributed by atoms with van der Waals surface area (Å²) < 4.78 is 29.6. The lowest BCUT2D eigenvalue weighted by atomic mass is 10.0. The molecule has 1 N–H and O–H groups in total. The second-order valence-electron chi connectivity index (χ2n) is 6.70. The minimum Gasteiger partial charge on any atom is -0.444 e. The van der Waals surface area contributed by atoms with Crippen LogP contribution in [0.3, 0.4) is 0 Å². The highest BCUT2D eigenvalue weighted by Gasteiger charge is 2.33. The number of rotatable bonds is 2. The molecule has 128 valence electrons. The summed E-state index contributed by atoms with van der Waals surface area (Å²) in [7, 11) is -3.37. The molecule has 1 atom stereocenters. The number of amides is 1. The molecular formula is C16H24N2O4S. The third-order valence-electron chi connectivity index (χ3n) is 3.55. The van der Waals surface area contributed by atoms with Gasteiger partial charge in [-0.3, -0.25) is 4.90 Å². The lowest BCUT2D eigenvalue weighted by Gasteiger charge is -2.37. The Kier molecular flexibility index (Phi) is 5.01. The van der Waals surface area contributed by atoms with Crippen LogP contribution in [0.1, 0.15) is 32.4 Å². The number of hydrogen-bond donors (Lipinski definition) is 1. The van der Waals surface area contributed by atoms with Crippen molar-refractivity contribution < 1.29 is 17.9 Å². The van der Waals surface area contributed by atoms with Crippen molar-refractivity contribution in [2.45, 2.75) is 37.3 Å². The number of nitrogens with one attached hydrogen (secondary N) is 1. The molecule has 6 nitrogen and oxygen atoms in total. The molecule has 23 heavy (non-hydrogen) atoms. The van der Waals surface area contributed by atoms with Crippen LogP contribution >= 0.6 is 0 Å². The molecule has 2 rings (SSSR count). The molecule has 1 aliphatic rings. The second-order valence-corrected chi connectivity index (χ2v) is 8.69. The molecule has 0 aliphatic carbocycles. The highest BCUT2D eigenvalue weighted by atomic mass is 32.2. The molecule has 1 saturated heterocycles. The first-order chi connectivity index (χ1) is 10.6. The standard InChI is InChI=1S/C16H24N2O4S/c1-16(2,3)22-15(19)18-10-9-17-11-13(18)12-7-5-6-8-14(12)23(4,20)21/h5-8,13,17H,9-11H2,1-4H3. The molecule has 0 saturated carbocycles. The van der Waals surface area contributed by atoms with Crippen molar-refractivity contribution in [3.8, 4) is 0 Å². The second kappa shape index (κ2) is 6.49. The fourth-order valence-corrected chi connectivity index (χ4v) is 3.57. The van der Waals surface area contributed by atoms with E-state index in [2.05, 4.69) is 5.32 Å². The third-order valence-corrected chi connectivity index (χ3v) is 4.72. The van der Waals surface area contributed by atoms with Gasteiger partial charge in [0.2, 0.25) is 0 Å². The van der Waals surface area contributed by atoms with E-state index < -0.39 is 21.5 Å². The fourth-order valence-electron chi connectivity index (χ4n) is 2.61. The van der Waals surface area contributed by atoms with Gasteiger partial charge in [-0.2, -0.15) is 0 Å². The van der Waals surface area contributed by atoms with Gasteiger partial charge in [-0.25, -0.2) is 13.2 Å². The maximum absolute atomic E-state index is 12.5. The van der Waals surface area contributed by atoms with Gasteiger partial charge in [-0.1, -0.05) is 18.2 Å². The van der Waals surface area contributed by atoms with Crippen molar-refractivity contribution in [2.75, 3.05) is 25.9 Å². The zero-order valence-electron chi connectivity index (χ0n) is 14.0. The van der Waals surface area contributed by atoms with Crippen molar-refractivity contribution in [1.82, 2.24) is 10.2 Å². The normalized spacial score (nSPS) is 19.5. The van der Waals surface area contributed by atoms with Gasteiger partial charge in [0.25, 0.3) is 0 Å². The maximum Gasteiger partial charge on any atom is 0.410 e. The van der Waals surface area contributed by atoms with Gasteiger partial charge in [0.1, 0.15) is 5.60 Å². The lowest BCUT2D eigenvalue weighted by molar-refractivity contribution is 0.0115. The van der Waals surface area contributed by atoms with E-state index in [4.69, 9.17) is 4.74 Å². The van der Waals surface area contributed by atoms with E-state index in [9.17, 15) is 13.2 Å². The van der Waals surface area contributed by atoms with Crippen LogP contribution in [0, 0.1) is 0 Å². The Bertz CT molecular complexity index is 680. The molecule has 1 fully saturated rings. The van der Waals surface area contributed by atoms with Gasteiger partial charge in [-0.15, -0.1) is 0 Å². The quantitative estimate of drug-likeness (QED) is 0.891. The zero-order valence-corrected chi connectivity index (χ0v) is 14.8. The number of carbonyl (C=O) groups is 1. The summed E-state index contributed by atoms with van der Waals surface area (Å²) in [4.78, 5) is 14.3. The van der Waals surface area contributed by atoms with Crippen molar-refractivity contribution in [1.29, 1.82) is 0 Å². The predicted molar refractivity (Wildman–Crippen MR) is 88.1 cm³/mol. The van der Waals surface area contributed by atoms with E-state index in [0.29, 0.717) is 25.2 Å². The summed E-state index contributed by atoms with van der Waals surface area (Å²) in [5.74, 6) is 0. The molecule has 1 aromatic carbocycles. The van der Waals surface area contributed by atoms with Crippen LogP contribution in [0.15, 0.2) is 29.2 Å². The average Bonchev–Trinajstić information content (AvgIpc) is 2.44. The van der Waals surface area contributed by atoms with Crippen LogP contribution in [0.5, 0.6) is 0 Å². The Morgan fingerprint density at radius 2 is 1.96 bits per heavy atom. The number of carbonyl (C=O) groups excluding carboxylic acids is 1. The molecule has 0 aromatic heterocycles. The van der Waals surface area contributed by atoms with E-state index in [1.165, 1.54) is 6.26 Å². The molecule has 0 bridgehead atoms. The molecule has 0 radical (unpaired) electrons. The number of ether oxygens (including phenoxy) is 1. The molecule has 1 unspecified atom stereocenters. The van der Waals surface area contributed by atoms with Crippen LogP contribution < -0.4 is 5.32 Å². The number of piperazine rings is 1. The average molecular weight is 340 g/mol. The van der Waals surface area contributed by atoms with E-state index >= 15 is 0 Å². The van der Waals surface area contributed by atoms with Crippen molar-refractivity contribution >= 4 is 15.9 Å². The van der Waals surface area contributed by atoms with Crippen molar-refractivity contribution in [3.05, 3.63) is 29.8 Å². The van der Waals surface area contributed by atoms with Gasteiger partial charge in [0.05, 0.1) is 10.9 Å². The van der Waals surface area contributed by atoms with E-state index in [1.54, 1.807) is 29.2 Å². The van der Waals surface area contributed by atoms with Gasteiger partial charge < -0.3 is 10.1 Å². The Morgan fingerprint density at radius 3 is 2.57 bits per heavy atom. The molecular weight excluding hydrogens is 316 g/mol. The number of sulfone groups is 1. The summed E-state index contributed by atoms with van der Waals surface area (Å²) in [5.41, 5.74) is 0.0242. The maximum atomic E-state index is 12.5. The molecule has 7 heteroatoms. The van der Waals surface area contributed by atoms with Crippen molar-refractivity contribution in [2.24, 2.45) is 0 Å². The van der Waals surface area contributed by atoms with Gasteiger partial charge in [0, 0.05) is 25.9 Å². The molecule has 1 amide bonds. The monoisotopic (exact) mass is 340 g/mol. The van der Waals surface area contributed by atoms with Crippen LogP contribution in [0.25, 0.3) is 0 Å². The Morgan fingerprint density at radius 1 is 1.30 bits per heavy atom. The number of hydrogen-bond acceptors (Lipinski definition) is 5. The minimum atomic E-state index is -3.37. The topological polar surface area (TPSA) is 75.7 Å². The van der Waals surface area contributed by atoms with Gasteiger partial charge in [0.15, 0.2) is 9.84 Å². The minimum absolute atomic E-state index is 0.252. The Labute approximate surface area is 137 Å². The highest BCUT2D eigenvalue weighted by Crippen LogP contribution is 2.29. The number of nitrogens with zero attached hydrogens (tertiary/aromatic N) is 1. The van der Waals surface area contributed by atoms with E-state index in [1.807, 2.05) is 20.8 Å². The first-order valence-corrected chi connectivity index (χ1v) is 9.48. The van der Waals surface area contributed by atoms with Crippen LogP contribution in [0.2, 0.25) is 0 Å². The first-order valence-electron chi connectivity index (χ1n) is 7.59. The van der Waals surface area contributed by atoms with Crippen LogP contribution in [0.4, 0.5) is 4.79 Å². The summed E-state index contributed by atoms with van der Waals surface area (Å²) in [5, 5.41) is 3.22. The summed E-state index contributed by atoms with van der Waals surface area (Å²) >= 11 is 0. The summed E-state index contributed by atoms with van der Waals surface area (Å²) in [6.45, 7) is 7.05.